The van der Waals surface area contributed by atoms with Crippen molar-refractivity contribution >= 4 is 5.91 Å². The van der Waals surface area contributed by atoms with Crippen LogP contribution in [0, 0.1) is 5.82 Å². The lowest BCUT2D eigenvalue weighted by Crippen LogP contribution is -2.34. The Bertz CT molecular complexity index is 858. The van der Waals surface area contributed by atoms with Crippen molar-refractivity contribution in [1.29, 1.82) is 0 Å². The maximum Gasteiger partial charge on any atom is 0.251 e. The van der Waals surface area contributed by atoms with Crippen LogP contribution in [0.3, 0.4) is 0 Å². The average Bonchev–Trinajstić information content (AvgIpc) is 3.16. The first-order valence-corrected chi connectivity index (χ1v) is 8.77. The maximum atomic E-state index is 13.1. The number of carbonyl (C=O) groups excluding carboxylic acids is 1. The van der Waals surface area contributed by atoms with Crippen molar-refractivity contribution in [3.05, 3.63) is 89.8 Å². The molecule has 0 aliphatic heterocycles. The number of carbonyl (C=O) groups is 1. The van der Waals surface area contributed by atoms with Crippen LogP contribution >= 0.6 is 0 Å². The highest BCUT2D eigenvalue weighted by molar-refractivity contribution is 5.94. The lowest BCUT2D eigenvalue weighted by Gasteiger charge is -2.25. The number of rotatable bonds is 7. The molecule has 3 rings (SSSR count). The van der Waals surface area contributed by atoms with Crippen molar-refractivity contribution < 1.29 is 9.18 Å². The molecule has 0 saturated carbocycles. The number of imidazole rings is 1. The van der Waals surface area contributed by atoms with Gasteiger partial charge in [-0.15, -0.1) is 0 Å². The zero-order valence-corrected chi connectivity index (χ0v) is 15.5. The molecule has 1 atom stereocenters. The lowest BCUT2D eigenvalue weighted by atomic mass is 10.1. The fourth-order valence-electron chi connectivity index (χ4n) is 2.93. The highest BCUT2D eigenvalue weighted by Crippen LogP contribution is 2.18. The second kappa shape index (κ2) is 8.60. The van der Waals surface area contributed by atoms with Crippen LogP contribution in [0.25, 0.3) is 0 Å². The van der Waals surface area contributed by atoms with Crippen molar-refractivity contribution in [3.8, 4) is 0 Å². The van der Waals surface area contributed by atoms with Gasteiger partial charge in [-0.25, -0.2) is 9.37 Å². The summed E-state index contributed by atoms with van der Waals surface area (Å²) >= 11 is 0. The van der Waals surface area contributed by atoms with Crippen LogP contribution in [0.5, 0.6) is 0 Å². The first-order valence-electron chi connectivity index (χ1n) is 8.77. The molecule has 6 heteroatoms. The third kappa shape index (κ3) is 5.01. The summed E-state index contributed by atoms with van der Waals surface area (Å²) in [5.41, 5.74) is 2.67. The van der Waals surface area contributed by atoms with Gasteiger partial charge in [0.1, 0.15) is 5.82 Å². The van der Waals surface area contributed by atoms with E-state index >= 15 is 0 Å². The number of aromatic nitrogens is 2. The summed E-state index contributed by atoms with van der Waals surface area (Å²) in [6, 6.07) is 13.9. The van der Waals surface area contributed by atoms with Gasteiger partial charge in [0.05, 0.1) is 12.4 Å². The van der Waals surface area contributed by atoms with E-state index in [4.69, 9.17) is 0 Å². The fourth-order valence-corrected chi connectivity index (χ4v) is 2.93. The zero-order chi connectivity index (χ0) is 19.2. The highest BCUT2D eigenvalue weighted by Gasteiger charge is 2.16. The van der Waals surface area contributed by atoms with Gasteiger partial charge in [0.2, 0.25) is 0 Å². The molecule has 1 heterocycles. The summed E-state index contributed by atoms with van der Waals surface area (Å²) in [5.74, 6) is -0.394. The van der Waals surface area contributed by atoms with E-state index in [0.29, 0.717) is 12.1 Å². The first-order chi connectivity index (χ1) is 13.0. The molecule has 1 N–H and O–H groups in total. The van der Waals surface area contributed by atoms with E-state index in [1.54, 1.807) is 24.7 Å². The van der Waals surface area contributed by atoms with Crippen LogP contribution in [-0.4, -0.2) is 41.0 Å². The predicted molar refractivity (Wildman–Crippen MR) is 103 cm³/mol. The molecule has 0 aliphatic rings. The summed E-state index contributed by atoms with van der Waals surface area (Å²) < 4.78 is 15.1. The summed E-state index contributed by atoms with van der Waals surface area (Å²) in [4.78, 5) is 18.5. The number of likely N-dealkylation sites (N-methyl/N-ethyl adjacent to an activating group) is 1. The molecule has 140 valence electrons. The predicted octanol–water partition coefficient (Wildman–Crippen LogP) is 3.10. The molecule has 5 nitrogen and oxygen atoms in total. The van der Waals surface area contributed by atoms with E-state index in [1.807, 2.05) is 54.0 Å². The summed E-state index contributed by atoms with van der Waals surface area (Å²) in [7, 11) is 3.87. The van der Waals surface area contributed by atoms with Gasteiger partial charge in [-0.2, -0.15) is 0 Å². The molecule has 0 fully saturated rings. The smallest absolute Gasteiger partial charge is 0.251 e. The van der Waals surface area contributed by atoms with Crippen molar-refractivity contribution in [2.45, 2.75) is 12.6 Å². The number of amides is 1. The van der Waals surface area contributed by atoms with Crippen molar-refractivity contribution in [1.82, 2.24) is 19.8 Å². The Morgan fingerprint density at radius 3 is 2.44 bits per heavy atom. The first kappa shape index (κ1) is 18.8. The van der Waals surface area contributed by atoms with E-state index in [2.05, 4.69) is 10.3 Å². The van der Waals surface area contributed by atoms with E-state index in [1.165, 1.54) is 12.1 Å². The Balaban J connectivity index is 1.61. The molecule has 0 bridgehead atoms. The van der Waals surface area contributed by atoms with Crippen LogP contribution in [0.15, 0.2) is 67.3 Å². The maximum absolute atomic E-state index is 13.1. The Hall–Kier alpha value is -2.99. The van der Waals surface area contributed by atoms with E-state index in [9.17, 15) is 9.18 Å². The number of halogens is 1. The van der Waals surface area contributed by atoms with Crippen LogP contribution < -0.4 is 5.32 Å². The monoisotopic (exact) mass is 366 g/mol. The number of hydrogen-bond acceptors (Lipinski definition) is 3. The molecule has 0 radical (unpaired) electrons. The molecule has 1 amide bonds. The molecule has 0 spiro atoms. The number of nitrogens with zero attached hydrogens (tertiary/aromatic N) is 3. The summed E-state index contributed by atoms with van der Waals surface area (Å²) in [6.45, 7) is 1.16. The highest BCUT2D eigenvalue weighted by atomic mass is 19.1. The lowest BCUT2D eigenvalue weighted by molar-refractivity contribution is 0.0942. The Kier molecular flexibility index (Phi) is 5.98. The second-order valence-electron chi connectivity index (χ2n) is 6.67. The minimum Gasteiger partial charge on any atom is -0.350 e. The van der Waals surface area contributed by atoms with Gasteiger partial charge in [0.15, 0.2) is 0 Å². The topological polar surface area (TPSA) is 50.2 Å². The number of nitrogens with one attached hydrogen (secondary N) is 1. The van der Waals surface area contributed by atoms with Crippen LogP contribution in [0.1, 0.15) is 27.5 Å². The number of benzene rings is 2. The molecule has 1 aromatic heterocycles. The summed E-state index contributed by atoms with van der Waals surface area (Å²) in [5, 5.41) is 2.97. The van der Waals surface area contributed by atoms with Gasteiger partial charge < -0.3 is 14.8 Å². The van der Waals surface area contributed by atoms with E-state index < -0.39 is 0 Å². The van der Waals surface area contributed by atoms with Gasteiger partial charge >= 0.3 is 0 Å². The molecule has 27 heavy (non-hydrogen) atoms. The fraction of sp³-hybridized carbons (Fsp3) is 0.238. The van der Waals surface area contributed by atoms with Gasteiger partial charge in [-0.1, -0.05) is 24.3 Å². The molecule has 0 saturated heterocycles. The van der Waals surface area contributed by atoms with Gasteiger partial charge in [-0.3, -0.25) is 4.79 Å². The molecule has 3 aromatic rings. The Morgan fingerprint density at radius 1 is 1.15 bits per heavy atom. The van der Waals surface area contributed by atoms with Crippen LogP contribution in [0.2, 0.25) is 0 Å². The largest absolute Gasteiger partial charge is 0.350 e. The quantitative estimate of drug-likeness (QED) is 0.699. The third-order valence-electron chi connectivity index (χ3n) is 4.47. The van der Waals surface area contributed by atoms with Crippen molar-refractivity contribution in [2.75, 3.05) is 20.6 Å². The number of hydrogen-bond donors (Lipinski definition) is 1. The van der Waals surface area contributed by atoms with Crippen LogP contribution in [-0.2, 0) is 6.54 Å². The molecular formula is C21H23FN4O. The molecule has 2 aromatic carbocycles. The third-order valence-corrected chi connectivity index (χ3v) is 4.47. The molecular weight excluding hydrogens is 343 g/mol. The molecule has 1 unspecified atom stereocenters. The van der Waals surface area contributed by atoms with Crippen molar-refractivity contribution in [3.63, 3.8) is 0 Å². The van der Waals surface area contributed by atoms with Crippen molar-refractivity contribution in [2.24, 2.45) is 0 Å². The van der Waals surface area contributed by atoms with Gasteiger partial charge in [-0.05, 0) is 49.5 Å². The minimum atomic E-state index is -0.268. The standard InChI is InChI=1S/C21H23FN4O/c1-25(2)20(17-7-9-19(22)10-8-17)13-24-21(27)18-5-3-16(4-6-18)14-26-12-11-23-15-26/h3-12,15,20H,13-14H2,1-2H3,(H,24,27). The van der Waals surface area contributed by atoms with Gasteiger partial charge in [0, 0.05) is 31.0 Å². The zero-order valence-electron chi connectivity index (χ0n) is 15.5. The van der Waals surface area contributed by atoms with E-state index in [0.717, 1.165) is 17.7 Å². The van der Waals surface area contributed by atoms with Gasteiger partial charge in [0.25, 0.3) is 5.91 Å². The van der Waals surface area contributed by atoms with Crippen LogP contribution in [0.4, 0.5) is 4.39 Å². The SMILES string of the molecule is CN(C)C(CNC(=O)c1ccc(Cn2ccnc2)cc1)c1ccc(F)cc1. The minimum absolute atomic E-state index is 0.0323. The van der Waals surface area contributed by atoms with E-state index in [-0.39, 0.29) is 17.8 Å². The Morgan fingerprint density at radius 2 is 1.85 bits per heavy atom. The average molecular weight is 366 g/mol. The summed E-state index contributed by atoms with van der Waals surface area (Å²) in [6.07, 6.45) is 5.40. The second-order valence-corrected chi connectivity index (χ2v) is 6.67. The molecule has 0 aliphatic carbocycles. The normalized spacial score (nSPS) is 12.1. The Labute approximate surface area is 158 Å².